The Hall–Kier alpha value is -2.77. The van der Waals surface area contributed by atoms with Crippen molar-refractivity contribution in [2.24, 2.45) is 0 Å². The molecule has 0 radical (unpaired) electrons. The van der Waals surface area contributed by atoms with Crippen molar-refractivity contribution in [3.05, 3.63) is 23.8 Å². The number of para-hydroxylation sites is 1. The van der Waals surface area contributed by atoms with E-state index in [9.17, 15) is 10.2 Å². The zero-order valence-corrected chi connectivity index (χ0v) is 12.9. The van der Waals surface area contributed by atoms with Gasteiger partial charge in [0.1, 0.15) is 0 Å². The number of benzene rings is 1. The van der Waals surface area contributed by atoms with E-state index in [-0.39, 0.29) is 17.4 Å². The fourth-order valence-electron chi connectivity index (χ4n) is 1.91. The third-order valence-corrected chi connectivity index (χ3v) is 3.19. The summed E-state index contributed by atoms with van der Waals surface area (Å²) in [6.45, 7) is 0.549. The van der Waals surface area contributed by atoms with Gasteiger partial charge in [-0.3, -0.25) is 0 Å². The number of phenolic OH excluding ortho intramolecular Hbond substituents is 2. The molecule has 0 atom stereocenters. The molecule has 0 aliphatic rings. The molecule has 2 aromatic rings. The van der Waals surface area contributed by atoms with Gasteiger partial charge in [0.25, 0.3) is 0 Å². The number of rotatable bonds is 5. The van der Waals surface area contributed by atoms with E-state index in [0.717, 1.165) is 0 Å². The summed E-state index contributed by atoms with van der Waals surface area (Å²) in [6, 6.07) is 4.89. The van der Waals surface area contributed by atoms with E-state index in [4.69, 9.17) is 5.73 Å². The van der Waals surface area contributed by atoms with Gasteiger partial charge in [-0.05, 0) is 18.1 Å². The topological polar surface area (TPSA) is 112 Å². The van der Waals surface area contributed by atoms with Crippen molar-refractivity contribution in [1.29, 1.82) is 0 Å². The van der Waals surface area contributed by atoms with E-state index >= 15 is 0 Å². The van der Waals surface area contributed by atoms with Crippen LogP contribution in [0.1, 0.15) is 5.56 Å². The van der Waals surface area contributed by atoms with Crippen LogP contribution in [-0.4, -0.2) is 52.9 Å². The average Bonchev–Trinajstić information content (AvgIpc) is 2.47. The van der Waals surface area contributed by atoms with Crippen LogP contribution in [0.25, 0.3) is 0 Å². The summed E-state index contributed by atoms with van der Waals surface area (Å²) in [5.74, 6) is 0.866. The number of likely N-dealkylation sites (N-methyl/N-ethyl adjacent to an activating group) is 1. The number of phenols is 2. The van der Waals surface area contributed by atoms with Crippen molar-refractivity contribution >= 4 is 17.8 Å². The van der Waals surface area contributed by atoms with E-state index < -0.39 is 0 Å². The first-order valence-electron chi connectivity index (χ1n) is 6.78. The van der Waals surface area contributed by atoms with Crippen LogP contribution in [0.3, 0.4) is 0 Å². The Balaban J connectivity index is 2.12. The van der Waals surface area contributed by atoms with E-state index in [2.05, 4.69) is 15.0 Å². The lowest BCUT2D eigenvalue weighted by atomic mass is 10.1. The van der Waals surface area contributed by atoms with Gasteiger partial charge in [0, 0.05) is 27.7 Å². The summed E-state index contributed by atoms with van der Waals surface area (Å²) in [5.41, 5.74) is 6.35. The summed E-state index contributed by atoms with van der Waals surface area (Å²) in [7, 11) is 5.47. The van der Waals surface area contributed by atoms with Crippen molar-refractivity contribution in [3.8, 4) is 11.5 Å². The lowest BCUT2D eigenvalue weighted by Gasteiger charge is -2.19. The van der Waals surface area contributed by atoms with Crippen molar-refractivity contribution in [2.75, 3.05) is 43.2 Å². The minimum absolute atomic E-state index is 0.0972. The van der Waals surface area contributed by atoms with Crippen molar-refractivity contribution in [2.45, 2.75) is 6.42 Å². The molecule has 22 heavy (non-hydrogen) atoms. The van der Waals surface area contributed by atoms with Gasteiger partial charge in [-0.2, -0.15) is 15.0 Å². The minimum Gasteiger partial charge on any atom is -0.504 e. The lowest BCUT2D eigenvalue weighted by Crippen LogP contribution is -2.25. The van der Waals surface area contributed by atoms with Gasteiger partial charge >= 0.3 is 0 Å². The SMILES string of the molecule is CN(C)c1nc(N)nc(N(C)CCc2cccc(O)c2O)n1. The summed E-state index contributed by atoms with van der Waals surface area (Å²) < 4.78 is 0. The quantitative estimate of drug-likeness (QED) is 0.689. The molecule has 118 valence electrons. The van der Waals surface area contributed by atoms with E-state index in [0.29, 0.717) is 30.4 Å². The van der Waals surface area contributed by atoms with Gasteiger partial charge in [-0.1, -0.05) is 12.1 Å². The van der Waals surface area contributed by atoms with Crippen LogP contribution in [0.15, 0.2) is 18.2 Å². The maximum atomic E-state index is 9.81. The Morgan fingerprint density at radius 2 is 1.73 bits per heavy atom. The first-order chi connectivity index (χ1) is 10.4. The van der Waals surface area contributed by atoms with Gasteiger partial charge < -0.3 is 25.7 Å². The largest absolute Gasteiger partial charge is 0.504 e. The highest BCUT2D eigenvalue weighted by Gasteiger charge is 2.12. The maximum Gasteiger partial charge on any atom is 0.231 e. The van der Waals surface area contributed by atoms with Gasteiger partial charge in [0.05, 0.1) is 0 Å². The molecule has 0 spiro atoms. The highest BCUT2D eigenvalue weighted by Crippen LogP contribution is 2.28. The fourth-order valence-corrected chi connectivity index (χ4v) is 1.91. The van der Waals surface area contributed by atoms with Gasteiger partial charge in [0.2, 0.25) is 17.8 Å². The molecule has 0 saturated carbocycles. The van der Waals surface area contributed by atoms with Crippen LogP contribution in [0, 0.1) is 0 Å². The maximum absolute atomic E-state index is 9.81. The standard InChI is InChI=1S/C14H20N6O2/c1-19(2)13-16-12(15)17-14(18-13)20(3)8-7-9-5-4-6-10(21)11(9)22/h4-6,21-22H,7-8H2,1-3H3,(H2,15,16,17,18). The zero-order valence-electron chi connectivity index (χ0n) is 12.9. The Bertz CT molecular complexity index is 662. The Morgan fingerprint density at radius 3 is 2.41 bits per heavy atom. The minimum atomic E-state index is -0.126. The molecule has 8 heteroatoms. The van der Waals surface area contributed by atoms with Gasteiger partial charge in [0.15, 0.2) is 11.5 Å². The third kappa shape index (κ3) is 3.46. The molecule has 1 aromatic heterocycles. The lowest BCUT2D eigenvalue weighted by molar-refractivity contribution is 0.399. The molecular weight excluding hydrogens is 284 g/mol. The molecular formula is C14H20N6O2. The number of hydrogen-bond acceptors (Lipinski definition) is 8. The first-order valence-corrected chi connectivity index (χ1v) is 6.78. The molecule has 0 fully saturated rings. The number of anilines is 3. The van der Waals surface area contributed by atoms with Crippen molar-refractivity contribution < 1.29 is 10.2 Å². The second-order valence-electron chi connectivity index (χ2n) is 5.14. The van der Waals surface area contributed by atoms with Crippen LogP contribution < -0.4 is 15.5 Å². The van der Waals surface area contributed by atoms with Crippen LogP contribution >= 0.6 is 0 Å². The first kappa shape index (κ1) is 15.6. The predicted molar refractivity (Wildman–Crippen MR) is 85.3 cm³/mol. The Labute approximate surface area is 128 Å². The van der Waals surface area contributed by atoms with E-state index in [1.807, 2.05) is 26.0 Å². The molecule has 8 nitrogen and oxygen atoms in total. The summed E-state index contributed by atoms with van der Waals surface area (Å²) in [4.78, 5) is 16.0. The summed E-state index contributed by atoms with van der Waals surface area (Å²) in [6.07, 6.45) is 0.527. The van der Waals surface area contributed by atoms with Crippen molar-refractivity contribution in [3.63, 3.8) is 0 Å². The van der Waals surface area contributed by atoms with Crippen LogP contribution in [0.2, 0.25) is 0 Å². The summed E-state index contributed by atoms with van der Waals surface area (Å²) >= 11 is 0. The average molecular weight is 304 g/mol. The molecule has 0 unspecified atom stereocenters. The Morgan fingerprint density at radius 1 is 1.05 bits per heavy atom. The molecule has 4 N–H and O–H groups in total. The highest BCUT2D eigenvalue weighted by atomic mass is 16.3. The smallest absolute Gasteiger partial charge is 0.231 e. The van der Waals surface area contributed by atoms with Crippen LogP contribution in [0.4, 0.5) is 17.8 Å². The number of nitrogens with zero attached hydrogens (tertiary/aromatic N) is 5. The molecule has 1 heterocycles. The number of nitrogens with two attached hydrogens (primary N) is 1. The van der Waals surface area contributed by atoms with Gasteiger partial charge in [-0.15, -0.1) is 0 Å². The highest BCUT2D eigenvalue weighted by molar-refractivity contribution is 5.46. The fraction of sp³-hybridized carbons (Fsp3) is 0.357. The van der Waals surface area contributed by atoms with E-state index in [1.165, 1.54) is 6.07 Å². The number of aromatic hydroxyl groups is 2. The third-order valence-electron chi connectivity index (χ3n) is 3.19. The Kier molecular flexibility index (Phi) is 4.50. The number of nitrogen functional groups attached to an aromatic ring is 1. The zero-order chi connectivity index (χ0) is 16.3. The predicted octanol–water partition coefficient (Wildman–Crippen LogP) is 0.610. The van der Waals surface area contributed by atoms with Gasteiger partial charge in [-0.25, -0.2) is 0 Å². The molecule has 0 amide bonds. The number of aromatic nitrogens is 3. The van der Waals surface area contributed by atoms with Crippen LogP contribution in [-0.2, 0) is 6.42 Å². The second-order valence-corrected chi connectivity index (χ2v) is 5.14. The molecule has 0 aliphatic carbocycles. The van der Waals surface area contributed by atoms with Crippen LogP contribution in [0.5, 0.6) is 11.5 Å². The molecule has 0 aliphatic heterocycles. The second kappa shape index (κ2) is 6.33. The summed E-state index contributed by atoms with van der Waals surface area (Å²) in [5, 5.41) is 19.3. The number of hydrogen-bond donors (Lipinski definition) is 3. The molecule has 1 aromatic carbocycles. The normalized spacial score (nSPS) is 10.5. The molecule has 0 saturated heterocycles. The monoisotopic (exact) mass is 304 g/mol. The van der Waals surface area contributed by atoms with Crippen molar-refractivity contribution in [1.82, 2.24) is 15.0 Å². The van der Waals surface area contributed by atoms with E-state index in [1.54, 1.807) is 17.0 Å². The molecule has 2 rings (SSSR count). The molecule has 0 bridgehead atoms.